The third kappa shape index (κ3) is 1.47. The Hall–Kier alpha value is -0.770. The number of benzene rings is 1. The number of nitrogens with two attached hydrogens (primary N) is 1. The lowest BCUT2D eigenvalue weighted by atomic mass is 10.1. The highest BCUT2D eigenvalue weighted by Gasteiger charge is 2.08. The molecule has 2 rings (SSSR count). The largest absolute Gasteiger partial charge is 0.392 e. The van der Waals surface area contributed by atoms with Crippen LogP contribution in [0.4, 0.5) is 5.00 Å². The van der Waals surface area contributed by atoms with Gasteiger partial charge in [-0.15, -0.1) is 22.9 Å². The van der Waals surface area contributed by atoms with E-state index in [0.29, 0.717) is 5.88 Å². The number of thiophene rings is 1. The first-order valence-electron chi connectivity index (χ1n) is 4.23. The normalized spacial score (nSPS) is 11.0. The second-order valence-electron chi connectivity index (χ2n) is 3.06. The molecule has 74 valence electrons. The number of alkyl halides is 1. The number of halogens is 1. The van der Waals surface area contributed by atoms with Crippen molar-refractivity contribution in [2.45, 2.75) is 12.5 Å². The first-order valence-corrected chi connectivity index (χ1v) is 5.58. The maximum atomic E-state index is 9.13. The minimum Gasteiger partial charge on any atom is -0.392 e. The summed E-state index contributed by atoms with van der Waals surface area (Å²) in [4.78, 5) is 0. The fourth-order valence-electron chi connectivity index (χ4n) is 1.54. The van der Waals surface area contributed by atoms with Gasteiger partial charge in [-0.2, -0.15) is 0 Å². The summed E-state index contributed by atoms with van der Waals surface area (Å²) in [5.41, 5.74) is 7.58. The molecule has 0 atom stereocenters. The van der Waals surface area contributed by atoms with E-state index in [1.54, 1.807) is 0 Å². The Morgan fingerprint density at radius 2 is 2.21 bits per heavy atom. The van der Waals surface area contributed by atoms with Crippen LogP contribution in [0, 0.1) is 0 Å². The molecule has 0 aliphatic rings. The molecule has 4 heteroatoms. The van der Waals surface area contributed by atoms with Gasteiger partial charge in [-0.1, -0.05) is 6.07 Å². The molecule has 1 aromatic carbocycles. The quantitative estimate of drug-likeness (QED) is 0.775. The summed E-state index contributed by atoms with van der Waals surface area (Å²) in [7, 11) is 0. The summed E-state index contributed by atoms with van der Waals surface area (Å²) in [6, 6.07) is 5.78. The van der Waals surface area contributed by atoms with E-state index in [2.05, 4.69) is 0 Å². The Morgan fingerprint density at radius 3 is 2.86 bits per heavy atom. The number of aliphatic hydroxyl groups is 1. The predicted molar refractivity (Wildman–Crippen MR) is 61.7 cm³/mol. The first kappa shape index (κ1) is 9.77. The second kappa shape index (κ2) is 3.77. The van der Waals surface area contributed by atoms with Crippen LogP contribution in [0.3, 0.4) is 0 Å². The van der Waals surface area contributed by atoms with E-state index in [0.717, 1.165) is 26.2 Å². The number of fused-ring (bicyclic) bond motifs is 1. The Labute approximate surface area is 90.9 Å². The van der Waals surface area contributed by atoms with Crippen molar-refractivity contribution in [3.8, 4) is 0 Å². The molecule has 0 saturated carbocycles. The lowest BCUT2D eigenvalue weighted by molar-refractivity contribution is 0.281. The van der Waals surface area contributed by atoms with Gasteiger partial charge in [-0.25, -0.2) is 0 Å². The molecule has 0 amide bonds. The van der Waals surface area contributed by atoms with Crippen molar-refractivity contribution in [1.29, 1.82) is 0 Å². The van der Waals surface area contributed by atoms with Crippen LogP contribution in [0.2, 0.25) is 0 Å². The van der Waals surface area contributed by atoms with Gasteiger partial charge in [0.05, 0.1) is 11.6 Å². The van der Waals surface area contributed by atoms with E-state index in [9.17, 15) is 0 Å². The average Bonchev–Trinajstić information content (AvgIpc) is 2.56. The number of hydrogen-bond donors (Lipinski definition) is 2. The Kier molecular flexibility index (Phi) is 2.63. The van der Waals surface area contributed by atoms with Crippen LogP contribution in [-0.2, 0) is 12.5 Å². The minimum atomic E-state index is 0.0216. The monoisotopic (exact) mass is 227 g/mol. The van der Waals surface area contributed by atoms with Gasteiger partial charge >= 0.3 is 0 Å². The standard InChI is InChI=1S/C10H10ClNOS/c11-4-8-6(5-13)1-2-9-7(8)3-10(12)14-9/h1-3,13H,4-5,12H2. The molecule has 0 bridgehead atoms. The Balaban J connectivity index is 2.75. The molecule has 0 aliphatic heterocycles. The van der Waals surface area contributed by atoms with Gasteiger partial charge in [-0.05, 0) is 28.6 Å². The topological polar surface area (TPSA) is 46.2 Å². The van der Waals surface area contributed by atoms with E-state index in [-0.39, 0.29) is 6.61 Å². The fraction of sp³-hybridized carbons (Fsp3) is 0.200. The molecule has 0 unspecified atom stereocenters. The molecule has 2 nitrogen and oxygen atoms in total. The fourth-order valence-corrected chi connectivity index (χ4v) is 2.71. The third-order valence-corrected chi connectivity index (χ3v) is 3.43. The summed E-state index contributed by atoms with van der Waals surface area (Å²) in [6.07, 6.45) is 0. The molecule has 0 aliphatic carbocycles. The van der Waals surface area contributed by atoms with Gasteiger partial charge in [0, 0.05) is 10.6 Å². The van der Waals surface area contributed by atoms with E-state index in [1.807, 2.05) is 18.2 Å². The molecular formula is C10H10ClNOS. The van der Waals surface area contributed by atoms with Crippen molar-refractivity contribution in [2.24, 2.45) is 0 Å². The number of nitrogen functional groups attached to an aromatic ring is 1. The number of aliphatic hydroxyl groups excluding tert-OH is 1. The van der Waals surface area contributed by atoms with Crippen LogP contribution < -0.4 is 5.73 Å². The van der Waals surface area contributed by atoms with Crippen molar-refractivity contribution in [3.63, 3.8) is 0 Å². The summed E-state index contributed by atoms with van der Waals surface area (Å²) in [6.45, 7) is 0.0216. The maximum absolute atomic E-state index is 9.13. The van der Waals surface area contributed by atoms with Gasteiger partial charge in [0.1, 0.15) is 0 Å². The van der Waals surface area contributed by atoms with E-state index in [1.165, 1.54) is 11.3 Å². The molecule has 1 heterocycles. The van der Waals surface area contributed by atoms with Crippen LogP contribution in [0.1, 0.15) is 11.1 Å². The molecule has 1 aromatic heterocycles. The van der Waals surface area contributed by atoms with Crippen LogP contribution >= 0.6 is 22.9 Å². The third-order valence-electron chi connectivity index (χ3n) is 2.23. The SMILES string of the molecule is Nc1cc2c(CCl)c(CO)ccc2s1. The first-order chi connectivity index (χ1) is 6.76. The Morgan fingerprint density at radius 1 is 1.43 bits per heavy atom. The molecule has 0 radical (unpaired) electrons. The second-order valence-corrected chi connectivity index (χ2v) is 4.44. The van der Waals surface area contributed by atoms with Crippen molar-refractivity contribution < 1.29 is 5.11 Å². The highest BCUT2D eigenvalue weighted by Crippen LogP contribution is 2.32. The summed E-state index contributed by atoms with van der Waals surface area (Å²) in [5, 5.41) is 11.0. The Bertz CT molecular complexity index is 466. The molecule has 0 fully saturated rings. The van der Waals surface area contributed by atoms with Crippen LogP contribution in [0.5, 0.6) is 0 Å². The predicted octanol–water partition coefficient (Wildman–Crippen LogP) is 2.71. The van der Waals surface area contributed by atoms with E-state index < -0.39 is 0 Å². The van der Waals surface area contributed by atoms with Crippen molar-refractivity contribution in [3.05, 3.63) is 29.3 Å². The highest BCUT2D eigenvalue weighted by molar-refractivity contribution is 7.22. The molecular weight excluding hydrogens is 218 g/mol. The van der Waals surface area contributed by atoms with E-state index >= 15 is 0 Å². The zero-order chi connectivity index (χ0) is 10.1. The van der Waals surface area contributed by atoms with Crippen molar-refractivity contribution >= 4 is 38.0 Å². The molecule has 14 heavy (non-hydrogen) atoms. The molecule has 0 saturated heterocycles. The molecule has 0 spiro atoms. The van der Waals surface area contributed by atoms with Crippen LogP contribution in [-0.4, -0.2) is 5.11 Å². The average molecular weight is 228 g/mol. The van der Waals surface area contributed by atoms with Gasteiger partial charge in [0.2, 0.25) is 0 Å². The zero-order valence-electron chi connectivity index (χ0n) is 7.46. The van der Waals surface area contributed by atoms with Gasteiger partial charge < -0.3 is 10.8 Å². The summed E-state index contributed by atoms with van der Waals surface area (Å²) >= 11 is 7.39. The van der Waals surface area contributed by atoms with Crippen LogP contribution in [0.25, 0.3) is 10.1 Å². The van der Waals surface area contributed by atoms with Crippen molar-refractivity contribution in [2.75, 3.05) is 5.73 Å². The number of rotatable bonds is 2. The zero-order valence-corrected chi connectivity index (χ0v) is 9.03. The van der Waals surface area contributed by atoms with E-state index in [4.69, 9.17) is 22.4 Å². The van der Waals surface area contributed by atoms with Crippen molar-refractivity contribution in [1.82, 2.24) is 0 Å². The lowest BCUT2D eigenvalue weighted by Gasteiger charge is -2.04. The summed E-state index contributed by atoms with van der Waals surface area (Å²) in [5.74, 6) is 0.406. The lowest BCUT2D eigenvalue weighted by Crippen LogP contribution is -1.91. The number of hydrogen-bond acceptors (Lipinski definition) is 3. The summed E-state index contributed by atoms with van der Waals surface area (Å²) < 4.78 is 1.12. The molecule has 2 aromatic rings. The van der Waals surface area contributed by atoms with Gasteiger partial charge in [-0.3, -0.25) is 0 Å². The molecule has 3 N–H and O–H groups in total. The van der Waals surface area contributed by atoms with Gasteiger partial charge in [0.15, 0.2) is 0 Å². The highest BCUT2D eigenvalue weighted by atomic mass is 35.5. The minimum absolute atomic E-state index is 0.0216. The number of anilines is 1. The van der Waals surface area contributed by atoms with Gasteiger partial charge in [0.25, 0.3) is 0 Å². The maximum Gasteiger partial charge on any atom is 0.0868 e. The van der Waals surface area contributed by atoms with Crippen LogP contribution in [0.15, 0.2) is 18.2 Å². The smallest absolute Gasteiger partial charge is 0.0868 e.